The van der Waals surface area contributed by atoms with Crippen molar-refractivity contribution in [3.63, 3.8) is 0 Å². The third-order valence-corrected chi connectivity index (χ3v) is 5.87. The Hall–Kier alpha value is -2.91. The Balaban J connectivity index is 1.73. The van der Waals surface area contributed by atoms with E-state index in [4.69, 9.17) is 26.9 Å². The molecule has 3 rings (SSSR count). The lowest BCUT2D eigenvalue weighted by Crippen LogP contribution is -2.24. The maximum atomic E-state index is 12.7. The second-order valence-electron chi connectivity index (χ2n) is 6.46. The smallest absolute Gasteiger partial charge is 0.237 e. The second-order valence-corrected chi connectivity index (χ2v) is 8.17. The highest BCUT2D eigenvalue weighted by molar-refractivity contribution is 8.00. The fraction of sp³-hybridized carbons (Fsp3) is 0.250. The van der Waals surface area contributed by atoms with Gasteiger partial charge in [0.1, 0.15) is 11.5 Å². The fourth-order valence-electron chi connectivity index (χ4n) is 2.67. The number of nitrogen functional groups attached to an aromatic ring is 1. The molecule has 1 amide bonds. The van der Waals surface area contributed by atoms with Crippen LogP contribution < -0.4 is 20.6 Å². The molecule has 0 aliphatic carbocycles. The van der Waals surface area contributed by atoms with Gasteiger partial charge in [0.2, 0.25) is 11.1 Å². The third-order valence-electron chi connectivity index (χ3n) is 4.40. The third kappa shape index (κ3) is 4.63. The topological polar surface area (TPSA) is 104 Å². The molecule has 1 unspecified atom stereocenters. The Morgan fingerprint density at radius 1 is 1.20 bits per heavy atom. The molecule has 30 heavy (non-hydrogen) atoms. The van der Waals surface area contributed by atoms with Gasteiger partial charge in [0.25, 0.3) is 0 Å². The predicted octanol–water partition coefficient (Wildman–Crippen LogP) is 3.76. The van der Waals surface area contributed by atoms with Crippen molar-refractivity contribution in [3.05, 3.63) is 47.0 Å². The van der Waals surface area contributed by atoms with Gasteiger partial charge in [-0.2, -0.15) is 0 Å². The summed E-state index contributed by atoms with van der Waals surface area (Å²) in [6, 6.07) is 10.7. The van der Waals surface area contributed by atoms with Crippen LogP contribution in [0.4, 0.5) is 5.69 Å². The number of rotatable bonds is 7. The maximum absolute atomic E-state index is 12.7. The van der Waals surface area contributed by atoms with Crippen molar-refractivity contribution in [2.75, 3.05) is 25.4 Å². The van der Waals surface area contributed by atoms with E-state index in [1.165, 1.54) is 23.5 Å². The van der Waals surface area contributed by atoms with Gasteiger partial charge in [-0.3, -0.25) is 4.79 Å². The monoisotopic (exact) mass is 447 g/mol. The van der Waals surface area contributed by atoms with Crippen molar-refractivity contribution in [3.8, 4) is 22.9 Å². The van der Waals surface area contributed by atoms with Crippen molar-refractivity contribution >= 4 is 35.0 Å². The lowest BCUT2D eigenvalue weighted by Gasteiger charge is -2.15. The molecule has 0 fully saturated rings. The number of amides is 1. The molecule has 1 aromatic heterocycles. The molecule has 0 aliphatic heterocycles. The first-order valence-electron chi connectivity index (χ1n) is 9.00. The number of methoxy groups -OCH3 is 2. The van der Waals surface area contributed by atoms with Crippen LogP contribution in [0.1, 0.15) is 12.5 Å². The number of nitrogens with two attached hydrogens (primary N) is 1. The minimum atomic E-state index is -0.485. The summed E-state index contributed by atoms with van der Waals surface area (Å²) in [6.45, 7) is 3.62. The zero-order valence-electron chi connectivity index (χ0n) is 17.0. The lowest BCUT2D eigenvalue weighted by atomic mass is 10.2. The molecule has 0 aliphatic rings. The average molecular weight is 448 g/mol. The van der Waals surface area contributed by atoms with Gasteiger partial charge < -0.3 is 20.6 Å². The van der Waals surface area contributed by atoms with E-state index in [1.807, 2.05) is 31.2 Å². The first-order valence-corrected chi connectivity index (χ1v) is 10.3. The lowest BCUT2D eigenvalue weighted by molar-refractivity contribution is -0.115. The number of carbonyl (C=O) groups excluding carboxylic acids is 1. The van der Waals surface area contributed by atoms with Crippen molar-refractivity contribution < 1.29 is 14.3 Å². The second kappa shape index (κ2) is 9.27. The normalized spacial score (nSPS) is 11.8. The van der Waals surface area contributed by atoms with Gasteiger partial charge in [-0.15, -0.1) is 10.2 Å². The van der Waals surface area contributed by atoms with Crippen LogP contribution in [0.2, 0.25) is 5.02 Å². The largest absolute Gasteiger partial charge is 0.497 e. The molecule has 2 aromatic carbocycles. The molecular formula is C20H22ClN5O3S. The molecule has 3 aromatic rings. The molecule has 0 saturated heterocycles. The number of hydrogen-bond donors (Lipinski definition) is 2. The zero-order chi connectivity index (χ0) is 21.8. The van der Waals surface area contributed by atoms with E-state index in [0.717, 1.165) is 16.9 Å². The summed E-state index contributed by atoms with van der Waals surface area (Å²) < 4.78 is 11.8. The molecule has 0 radical (unpaired) electrons. The summed E-state index contributed by atoms with van der Waals surface area (Å²) in [6.07, 6.45) is 0. The molecule has 3 N–H and O–H groups in total. The molecule has 1 heterocycles. The molecule has 0 saturated carbocycles. The summed E-state index contributed by atoms with van der Waals surface area (Å²) in [5.74, 6) is 7.64. The van der Waals surface area contributed by atoms with Crippen LogP contribution in [0.3, 0.4) is 0 Å². The maximum Gasteiger partial charge on any atom is 0.237 e. The zero-order valence-corrected chi connectivity index (χ0v) is 18.5. The molecule has 158 valence electrons. The van der Waals surface area contributed by atoms with Crippen molar-refractivity contribution in [2.45, 2.75) is 24.3 Å². The average Bonchev–Trinajstić information content (AvgIpc) is 3.10. The van der Waals surface area contributed by atoms with Gasteiger partial charge in [-0.05, 0) is 49.7 Å². The van der Waals surface area contributed by atoms with E-state index in [-0.39, 0.29) is 5.91 Å². The SMILES string of the molecule is COc1ccc(-c2nnc(SC(C)C(=O)Nc3cc(C)c(Cl)cc3OC)n2N)cc1. The van der Waals surface area contributed by atoms with E-state index in [9.17, 15) is 4.79 Å². The minimum Gasteiger partial charge on any atom is -0.497 e. The van der Waals surface area contributed by atoms with Crippen molar-refractivity contribution in [1.29, 1.82) is 0 Å². The Kier molecular flexibility index (Phi) is 6.73. The number of benzene rings is 2. The number of thioether (sulfide) groups is 1. The first kappa shape index (κ1) is 21.8. The summed E-state index contributed by atoms with van der Waals surface area (Å²) >= 11 is 7.32. The number of hydrogen-bond acceptors (Lipinski definition) is 7. The molecule has 10 heteroatoms. The summed E-state index contributed by atoms with van der Waals surface area (Å²) in [7, 11) is 3.12. The molecule has 0 bridgehead atoms. The van der Waals surface area contributed by atoms with E-state index < -0.39 is 5.25 Å². The highest BCUT2D eigenvalue weighted by Crippen LogP contribution is 2.32. The number of aryl methyl sites for hydroxylation is 1. The van der Waals surface area contributed by atoms with E-state index in [0.29, 0.717) is 27.4 Å². The van der Waals surface area contributed by atoms with Gasteiger partial charge in [0.05, 0.1) is 25.2 Å². The Morgan fingerprint density at radius 2 is 1.90 bits per heavy atom. The van der Waals surface area contributed by atoms with Crippen molar-refractivity contribution in [1.82, 2.24) is 14.9 Å². The molecular weight excluding hydrogens is 426 g/mol. The number of ether oxygens (including phenoxy) is 2. The van der Waals surface area contributed by atoms with Crippen LogP contribution in [0.5, 0.6) is 11.5 Å². The van der Waals surface area contributed by atoms with Gasteiger partial charge in [0, 0.05) is 16.7 Å². The number of aromatic nitrogens is 3. The van der Waals surface area contributed by atoms with Gasteiger partial charge >= 0.3 is 0 Å². The van der Waals surface area contributed by atoms with E-state index in [1.54, 1.807) is 26.2 Å². The molecule has 0 spiro atoms. The van der Waals surface area contributed by atoms with E-state index >= 15 is 0 Å². The van der Waals surface area contributed by atoms with Gasteiger partial charge in [0.15, 0.2) is 5.82 Å². The predicted molar refractivity (Wildman–Crippen MR) is 119 cm³/mol. The van der Waals surface area contributed by atoms with Crippen LogP contribution in [0.25, 0.3) is 11.4 Å². The fourth-order valence-corrected chi connectivity index (χ4v) is 3.59. The van der Waals surface area contributed by atoms with Crippen LogP contribution in [-0.4, -0.2) is 40.3 Å². The van der Waals surface area contributed by atoms with Gasteiger partial charge in [-0.1, -0.05) is 23.4 Å². The van der Waals surface area contributed by atoms with Crippen molar-refractivity contribution in [2.24, 2.45) is 0 Å². The number of anilines is 1. The highest BCUT2D eigenvalue weighted by Gasteiger charge is 2.21. The number of halogens is 1. The Labute approximate surface area is 183 Å². The standard InChI is InChI=1S/C20H22ClN5O3S/c1-11-9-16(17(29-4)10-15(11)21)23-19(27)12(2)30-20-25-24-18(26(20)22)13-5-7-14(28-3)8-6-13/h5-10,12H,22H2,1-4H3,(H,23,27). The first-order chi connectivity index (χ1) is 14.3. The summed E-state index contributed by atoms with van der Waals surface area (Å²) in [5.41, 5.74) is 2.17. The number of carbonyl (C=O) groups is 1. The summed E-state index contributed by atoms with van der Waals surface area (Å²) in [5, 5.41) is 11.6. The number of nitrogens with one attached hydrogen (secondary N) is 1. The van der Waals surface area contributed by atoms with E-state index in [2.05, 4.69) is 15.5 Å². The van der Waals surface area contributed by atoms with Crippen LogP contribution >= 0.6 is 23.4 Å². The molecule has 1 atom stereocenters. The Morgan fingerprint density at radius 3 is 2.53 bits per heavy atom. The Bertz CT molecular complexity index is 1060. The molecule has 8 nitrogen and oxygen atoms in total. The van der Waals surface area contributed by atoms with Crippen LogP contribution in [0.15, 0.2) is 41.6 Å². The van der Waals surface area contributed by atoms with Crippen LogP contribution in [0, 0.1) is 6.92 Å². The van der Waals surface area contributed by atoms with Gasteiger partial charge in [-0.25, -0.2) is 4.68 Å². The quantitative estimate of drug-likeness (QED) is 0.419. The van der Waals surface area contributed by atoms with Crippen LogP contribution in [-0.2, 0) is 4.79 Å². The summed E-state index contributed by atoms with van der Waals surface area (Å²) in [4.78, 5) is 12.7. The highest BCUT2D eigenvalue weighted by atomic mass is 35.5. The minimum absolute atomic E-state index is 0.228. The number of nitrogens with zero attached hydrogens (tertiary/aromatic N) is 3.